The first kappa shape index (κ1) is 28.1. The number of hydrogen-bond donors (Lipinski definition) is 1. The number of unbranched alkanes of at least 4 members (excludes halogenated alkanes) is 8. The third-order valence-electron chi connectivity index (χ3n) is 4.72. The van der Waals surface area contributed by atoms with Crippen LogP contribution in [0.3, 0.4) is 0 Å². The Morgan fingerprint density at radius 3 is 1.60 bits per heavy atom. The van der Waals surface area contributed by atoms with E-state index in [4.69, 9.17) is 0 Å². The summed E-state index contributed by atoms with van der Waals surface area (Å²) in [6.07, 6.45) is 14.6. The molecule has 0 aliphatic rings. The van der Waals surface area contributed by atoms with Gasteiger partial charge in [-0.2, -0.15) is 0 Å². The summed E-state index contributed by atoms with van der Waals surface area (Å²) in [4.78, 5) is 0. The third kappa shape index (κ3) is 18.0. The molecule has 6 heteroatoms. The van der Waals surface area contributed by atoms with E-state index < -0.39 is 15.4 Å². The van der Waals surface area contributed by atoms with Crippen molar-refractivity contribution < 1.29 is 47.6 Å². The smallest absolute Gasteiger partial charge is 0.748 e. The number of aliphatic hydroxyl groups excluding tert-OH is 1. The molecule has 0 amide bonds. The van der Waals surface area contributed by atoms with Crippen molar-refractivity contribution in [2.24, 2.45) is 0 Å². The normalized spacial score (nSPS) is 14.1. The van der Waals surface area contributed by atoms with Crippen LogP contribution < -0.4 is 29.6 Å². The summed E-state index contributed by atoms with van der Waals surface area (Å²) in [6.45, 7) is 4.09. The minimum Gasteiger partial charge on any atom is -0.748 e. The molecule has 0 rings (SSSR count). The van der Waals surface area contributed by atoms with Crippen LogP contribution in [0.25, 0.3) is 0 Å². The van der Waals surface area contributed by atoms with E-state index in [0.717, 1.165) is 64.2 Å². The van der Waals surface area contributed by atoms with Crippen LogP contribution in [0, 0.1) is 0 Å². The Hall–Kier alpha value is 0.870. The van der Waals surface area contributed by atoms with Gasteiger partial charge in [0.15, 0.2) is 0 Å². The molecular weight excluding hydrogens is 347 g/mol. The van der Waals surface area contributed by atoms with Crippen molar-refractivity contribution in [3.05, 3.63) is 0 Å². The van der Waals surface area contributed by atoms with Crippen LogP contribution in [-0.2, 0) is 10.1 Å². The number of rotatable bonds is 17. The van der Waals surface area contributed by atoms with Gasteiger partial charge in [0.2, 0.25) is 0 Å². The maximum absolute atomic E-state index is 11.1. The molecule has 1 N–H and O–H groups in total. The first-order chi connectivity index (χ1) is 11.4. The van der Waals surface area contributed by atoms with Gasteiger partial charge in [-0.05, 0) is 25.7 Å². The van der Waals surface area contributed by atoms with E-state index in [-0.39, 0.29) is 35.7 Å². The maximum atomic E-state index is 11.1. The zero-order valence-electron chi connectivity index (χ0n) is 16.8. The molecule has 0 aromatic rings. The first-order valence-electron chi connectivity index (χ1n) is 10.0. The molecule has 0 saturated heterocycles. The fraction of sp³-hybridized carbons (Fsp3) is 1.00. The Kier molecular flexibility index (Phi) is 20.5. The van der Waals surface area contributed by atoms with E-state index in [1.807, 2.05) is 6.92 Å². The van der Waals surface area contributed by atoms with E-state index in [2.05, 4.69) is 6.92 Å². The van der Waals surface area contributed by atoms with Crippen molar-refractivity contribution in [3.8, 4) is 0 Å². The molecule has 0 aromatic heterocycles. The van der Waals surface area contributed by atoms with Crippen LogP contribution in [0.4, 0.5) is 0 Å². The second kappa shape index (κ2) is 18.2. The van der Waals surface area contributed by atoms with Crippen molar-refractivity contribution in [1.82, 2.24) is 0 Å². The number of aliphatic hydroxyl groups is 1. The van der Waals surface area contributed by atoms with Gasteiger partial charge in [0, 0.05) is 5.25 Å². The van der Waals surface area contributed by atoms with E-state index in [9.17, 15) is 18.1 Å². The minimum atomic E-state index is -4.12. The monoisotopic (exact) mass is 386 g/mol. The zero-order valence-corrected chi connectivity index (χ0v) is 19.7. The molecule has 4 nitrogen and oxygen atoms in total. The van der Waals surface area contributed by atoms with Crippen molar-refractivity contribution in [2.75, 3.05) is 0 Å². The molecule has 0 aliphatic heterocycles. The van der Waals surface area contributed by atoms with Crippen molar-refractivity contribution in [1.29, 1.82) is 0 Å². The molecule has 0 fully saturated rings. The summed E-state index contributed by atoms with van der Waals surface area (Å²) in [5, 5.41) is 9.15. The number of hydrogen-bond acceptors (Lipinski definition) is 4. The topological polar surface area (TPSA) is 77.4 Å². The van der Waals surface area contributed by atoms with Crippen LogP contribution >= 0.6 is 0 Å². The standard InChI is InChI=1S/C19H40O4S.Na/c1-3-5-11-15-18(20)16-12-9-7-6-8-10-13-17-19(14-4-2)24(21,22)23;/h18-20H,3-17H2,1-2H3,(H,21,22,23);/q;+1/p-1. The van der Waals surface area contributed by atoms with Gasteiger partial charge in [0.1, 0.15) is 0 Å². The van der Waals surface area contributed by atoms with Crippen molar-refractivity contribution in [3.63, 3.8) is 0 Å². The minimum absolute atomic E-state index is 0. The summed E-state index contributed by atoms with van der Waals surface area (Å²) in [5.74, 6) is 0. The molecule has 0 aromatic carbocycles. The molecule has 0 aliphatic carbocycles. The largest absolute Gasteiger partial charge is 1.00 e. The molecule has 0 bridgehead atoms. The van der Waals surface area contributed by atoms with E-state index >= 15 is 0 Å². The van der Waals surface area contributed by atoms with Crippen LogP contribution in [0.2, 0.25) is 0 Å². The van der Waals surface area contributed by atoms with Crippen LogP contribution in [-0.4, -0.2) is 29.4 Å². The van der Waals surface area contributed by atoms with Crippen molar-refractivity contribution in [2.45, 2.75) is 122 Å². The van der Waals surface area contributed by atoms with E-state index in [0.29, 0.717) is 12.8 Å². The van der Waals surface area contributed by atoms with Crippen LogP contribution in [0.5, 0.6) is 0 Å². The van der Waals surface area contributed by atoms with E-state index in [1.54, 1.807) is 0 Å². The van der Waals surface area contributed by atoms with Crippen LogP contribution in [0.15, 0.2) is 0 Å². The maximum Gasteiger partial charge on any atom is 1.00 e. The molecule has 0 spiro atoms. The fourth-order valence-electron chi connectivity index (χ4n) is 3.17. The molecular formula is C19H39NaO4S. The Morgan fingerprint density at radius 1 is 0.720 bits per heavy atom. The zero-order chi connectivity index (χ0) is 18.3. The summed E-state index contributed by atoms with van der Waals surface area (Å²) < 4.78 is 33.4. The van der Waals surface area contributed by atoms with Gasteiger partial charge in [-0.25, -0.2) is 8.42 Å². The fourth-order valence-corrected chi connectivity index (χ4v) is 4.14. The SMILES string of the molecule is CCCCCC(O)CCCCCCCCCC(CCC)S(=O)(=O)[O-].[Na+]. The molecule has 2 atom stereocenters. The molecule has 25 heavy (non-hydrogen) atoms. The summed E-state index contributed by atoms with van der Waals surface area (Å²) >= 11 is 0. The molecule has 0 saturated carbocycles. The van der Waals surface area contributed by atoms with Gasteiger partial charge in [0.25, 0.3) is 0 Å². The molecule has 2 unspecified atom stereocenters. The van der Waals surface area contributed by atoms with Crippen molar-refractivity contribution >= 4 is 10.1 Å². The quantitative estimate of drug-likeness (QED) is 0.236. The van der Waals surface area contributed by atoms with Gasteiger partial charge >= 0.3 is 29.6 Å². The Labute approximate surface area is 178 Å². The summed E-state index contributed by atoms with van der Waals surface area (Å²) in [6, 6.07) is 0. The second-order valence-electron chi connectivity index (χ2n) is 7.11. The van der Waals surface area contributed by atoms with Crippen LogP contribution in [0.1, 0.15) is 110 Å². The van der Waals surface area contributed by atoms with Gasteiger partial charge in [0.05, 0.1) is 16.2 Å². The Morgan fingerprint density at radius 2 is 1.16 bits per heavy atom. The molecule has 0 heterocycles. The van der Waals surface area contributed by atoms with E-state index in [1.165, 1.54) is 19.3 Å². The Bertz CT molecular complexity index is 374. The average molecular weight is 387 g/mol. The van der Waals surface area contributed by atoms with Gasteiger partial charge in [-0.15, -0.1) is 0 Å². The summed E-state index contributed by atoms with van der Waals surface area (Å²) in [5.41, 5.74) is 0. The predicted molar refractivity (Wildman–Crippen MR) is 100 cm³/mol. The molecule has 0 radical (unpaired) electrons. The second-order valence-corrected chi connectivity index (χ2v) is 8.76. The summed E-state index contributed by atoms with van der Waals surface area (Å²) in [7, 11) is -4.12. The Balaban J connectivity index is 0. The third-order valence-corrected chi connectivity index (χ3v) is 6.01. The predicted octanol–water partition coefficient (Wildman–Crippen LogP) is 2.16. The first-order valence-corrected chi connectivity index (χ1v) is 11.5. The average Bonchev–Trinajstić information content (AvgIpc) is 2.51. The van der Waals surface area contributed by atoms with Gasteiger partial charge in [-0.1, -0.05) is 84.5 Å². The van der Waals surface area contributed by atoms with Gasteiger partial charge in [-0.3, -0.25) is 0 Å². The molecule has 146 valence electrons. The van der Waals surface area contributed by atoms with Gasteiger partial charge < -0.3 is 9.66 Å².